The van der Waals surface area contributed by atoms with Gasteiger partial charge in [0.15, 0.2) is 9.84 Å². The van der Waals surface area contributed by atoms with Crippen LogP contribution in [0.3, 0.4) is 0 Å². The maximum Gasteiger partial charge on any atom is 0.228 e. The number of hydrogen-bond donors (Lipinski definition) is 2. The van der Waals surface area contributed by atoms with Gasteiger partial charge >= 0.3 is 0 Å². The molecule has 1 aliphatic rings. The summed E-state index contributed by atoms with van der Waals surface area (Å²) in [5.74, 6) is -0.877. The molecule has 1 atom stereocenters. The van der Waals surface area contributed by atoms with Gasteiger partial charge in [-0.05, 0) is 37.3 Å². The number of thioether (sulfide) groups is 1. The van der Waals surface area contributed by atoms with Crippen molar-refractivity contribution in [1.82, 2.24) is 0 Å². The fourth-order valence-electron chi connectivity index (χ4n) is 2.80. The first-order valence-corrected chi connectivity index (χ1v) is 11.6. The van der Waals surface area contributed by atoms with Gasteiger partial charge in [0.2, 0.25) is 11.8 Å². The molecule has 148 valence electrons. The van der Waals surface area contributed by atoms with Crippen LogP contribution in [-0.2, 0) is 19.4 Å². The molecule has 2 aromatic rings. The number of fused-ring (bicyclic) bond motifs is 1. The predicted molar refractivity (Wildman–Crippen MR) is 111 cm³/mol. The van der Waals surface area contributed by atoms with Crippen LogP contribution in [0.25, 0.3) is 0 Å². The number of amides is 2. The lowest BCUT2D eigenvalue weighted by Crippen LogP contribution is -2.27. The lowest BCUT2D eigenvalue weighted by molar-refractivity contribution is -0.119. The molecule has 1 unspecified atom stereocenters. The van der Waals surface area contributed by atoms with Crippen LogP contribution >= 0.6 is 11.8 Å². The van der Waals surface area contributed by atoms with Crippen molar-refractivity contribution in [3.63, 3.8) is 0 Å². The van der Waals surface area contributed by atoms with E-state index in [4.69, 9.17) is 0 Å². The monoisotopic (exact) mass is 418 g/mol. The summed E-state index contributed by atoms with van der Waals surface area (Å²) in [7, 11) is -3.69. The molecule has 0 fully saturated rings. The van der Waals surface area contributed by atoms with Gasteiger partial charge in [-0.15, -0.1) is 11.8 Å². The molecular formula is C20H22N2O4S2. The third-order valence-corrected chi connectivity index (χ3v) is 7.39. The van der Waals surface area contributed by atoms with Crippen LogP contribution in [0.1, 0.15) is 18.9 Å². The Morgan fingerprint density at radius 3 is 2.64 bits per heavy atom. The lowest BCUT2D eigenvalue weighted by Gasteiger charge is -2.14. The minimum atomic E-state index is -3.69. The highest BCUT2D eigenvalue weighted by Gasteiger charge is 2.25. The number of benzene rings is 2. The second-order valence-electron chi connectivity index (χ2n) is 6.84. The van der Waals surface area contributed by atoms with Gasteiger partial charge in [0.1, 0.15) is 0 Å². The maximum absolute atomic E-state index is 12.8. The van der Waals surface area contributed by atoms with Gasteiger partial charge < -0.3 is 10.6 Å². The van der Waals surface area contributed by atoms with Crippen molar-refractivity contribution in [3.8, 4) is 0 Å². The van der Waals surface area contributed by atoms with E-state index in [2.05, 4.69) is 10.6 Å². The molecule has 2 amide bonds. The molecule has 1 aliphatic heterocycles. The Balaban J connectivity index is 1.73. The van der Waals surface area contributed by atoms with Crippen LogP contribution < -0.4 is 10.6 Å². The minimum absolute atomic E-state index is 0.101. The molecule has 3 rings (SSSR count). The quantitative estimate of drug-likeness (QED) is 0.776. The van der Waals surface area contributed by atoms with E-state index >= 15 is 0 Å². The molecule has 0 radical (unpaired) electrons. The van der Waals surface area contributed by atoms with Crippen molar-refractivity contribution in [3.05, 3.63) is 48.0 Å². The number of carbonyl (C=O) groups excluding carboxylic acids is 2. The Morgan fingerprint density at radius 1 is 1.21 bits per heavy atom. The van der Waals surface area contributed by atoms with Gasteiger partial charge in [-0.2, -0.15) is 0 Å². The number of sulfone groups is 1. The normalized spacial score (nSPS) is 15.1. The van der Waals surface area contributed by atoms with Gasteiger partial charge in [-0.25, -0.2) is 8.42 Å². The molecule has 28 heavy (non-hydrogen) atoms. The van der Waals surface area contributed by atoms with Crippen molar-refractivity contribution in [2.45, 2.75) is 30.1 Å². The van der Waals surface area contributed by atoms with E-state index in [1.54, 1.807) is 25.1 Å². The average Bonchev–Trinajstić information content (AvgIpc) is 2.83. The topological polar surface area (TPSA) is 92.3 Å². The second kappa shape index (κ2) is 8.36. The summed E-state index contributed by atoms with van der Waals surface area (Å²) in [6, 6.07) is 12.0. The second-order valence-corrected chi connectivity index (χ2v) is 10.0. The molecule has 0 saturated heterocycles. The van der Waals surface area contributed by atoms with Gasteiger partial charge in [0.05, 0.1) is 16.3 Å². The summed E-state index contributed by atoms with van der Waals surface area (Å²) in [4.78, 5) is 25.1. The zero-order valence-corrected chi connectivity index (χ0v) is 17.3. The summed E-state index contributed by atoms with van der Waals surface area (Å²) >= 11 is 1.51. The van der Waals surface area contributed by atoms with Gasteiger partial charge in [0.25, 0.3) is 0 Å². The van der Waals surface area contributed by atoms with Crippen LogP contribution in [-0.4, -0.2) is 31.7 Å². The van der Waals surface area contributed by atoms with E-state index in [0.29, 0.717) is 23.5 Å². The summed E-state index contributed by atoms with van der Waals surface area (Å²) in [6.45, 7) is 3.53. The van der Waals surface area contributed by atoms with E-state index < -0.39 is 15.8 Å². The summed E-state index contributed by atoms with van der Waals surface area (Å²) in [5, 5.41) is 5.49. The third kappa shape index (κ3) is 4.94. The van der Waals surface area contributed by atoms with Crippen LogP contribution in [0.4, 0.5) is 11.4 Å². The van der Waals surface area contributed by atoms with Crippen molar-refractivity contribution in [2.24, 2.45) is 5.92 Å². The van der Waals surface area contributed by atoms with E-state index in [1.165, 1.54) is 23.9 Å². The van der Waals surface area contributed by atoms with E-state index in [0.717, 1.165) is 10.5 Å². The number of nitrogens with one attached hydrogen (secondary N) is 2. The number of rotatable bonds is 5. The van der Waals surface area contributed by atoms with Gasteiger partial charge in [-0.3, -0.25) is 9.59 Å². The zero-order chi connectivity index (χ0) is 20.3. The predicted octanol–water partition coefficient (Wildman–Crippen LogP) is 3.48. The van der Waals surface area contributed by atoms with Gasteiger partial charge in [0, 0.05) is 28.7 Å². The molecule has 0 spiro atoms. The molecule has 1 heterocycles. The first-order valence-electron chi connectivity index (χ1n) is 8.91. The van der Waals surface area contributed by atoms with E-state index in [9.17, 15) is 18.0 Å². The Morgan fingerprint density at radius 2 is 1.93 bits per heavy atom. The lowest BCUT2D eigenvalue weighted by atomic mass is 10.2. The highest BCUT2D eigenvalue weighted by molar-refractivity contribution is 7.99. The smallest absolute Gasteiger partial charge is 0.228 e. The fraction of sp³-hybridized carbons (Fsp3) is 0.300. The highest BCUT2D eigenvalue weighted by Crippen LogP contribution is 2.33. The molecular weight excluding hydrogens is 396 g/mol. The number of hydrogen-bond acceptors (Lipinski definition) is 5. The van der Waals surface area contributed by atoms with E-state index in [-0.39, 0.29) is 22.5 Å². The molecule has 0 aromatic heterocycles. The van der Waals surface area contributed by atoms with Crippen LogP contribution in [0.15, 0.2) is 52.3 Å². The van der Waals surface area contributed by atoms with E-state index in [1.807, 2.05) is 19.1 Å². The minimum Gasteiger partial charge on any atom is -0.326 e. The van der Waals surface area contributed by atoms with Crippen molar-refractivity contribution in [1.29, 1.82) is 0 Å². The largest absolute Gasteiger partial charge is 0.326 e. The van der Waals surface area contributed by atoms with Gasteiger partial charge in [-0.1, -0.05) is 24.6 Å². The molecule has 0 aliphatic carbocycles. The summed E-state index contributed by atoms with van der Waals surface area (Å²) < 4.78 is 25.6. The Hall–Kier alpha value is -2.32. The highest BCUT2D eigenvalue weighted by atomic mass is 32.2. The molecule has 6 nitrogen and oxygen atoms in total. The SMILES string of the molecule is Cc1ccc(NC(=O)C(C)CS(=O)(=O)c2ccc3c(c2)NC(=O)CCS3)cc1. The molecule has 2 N–H and O–H groups in total. The summed E-state index contributed by atoms with van der Waals surface area (Å²) in [5.41, 5.74) is 2.21. The first kappa shape index (κ1) is 20.4. The number of aryl methyl sites for hydroxylation is 1. The maximum atomic E-state index is 12.8. The Labute approximate surface area is 169 Å². The van der Waals surface area contributed by atoms with Crippen molar-refractivity contribution in [2.75, 3.05) is 22.1 Å². The zero-order valence-electron chi connectivity index (χ0n) is 15.7. The average molecular weight is 419 g/mol. The molecule has 2 aromatic carbocycles. The summed E-state index contributed by atoms with van der Waals surface area (Å²) in [6.07, 6.45) is 0.387. The standard InChI is InChI=1S/C20H22N2O4S2/c1-13-3-5-15(6-4-13)21-20(24)14(2)12-28(25,26)16-7-8-18-17(11-16)22-19(23)9-10-27-18/h3-8,11,14H,9-10,12H2,1-2H3,(H,21,24)(H,22,23). The van der Waals surface area contributed by atoms with Crippen molar-refractivity contribution >= 4 is 44.8 Å². The Kier molecular flexibility index (Phi) is 6.10. The number of carbonyl (C=O) groups is 2. The van der Waals surface area contributed by atoms with Crippen LogP contribution in [0.5, 0.6) is 0 Å². The molecule has 0 saturated carbocycles. The third-order valence-electron chi connectivity index (χ3n) is 4.41. The van der Waals surface area contributed by atoms with Crippen LogP contribution in [0.2, 0.25) is 0 Å². The molecule has 0 bridgehead atoms. The van der Waals surface area contributed by atoms with Crippen LogP contribution in [0, 0.1) is 12.8 Å². The fourth-order valence-corrected chi connectivity index (χ4v) is 5.31. The van der Waals surface area contributed by atoms with Crippen molar-refractivity contribution < 1.29 is 18.0 Å². The number of anilines is 2. The molecule has 8 heteroatoms. The Bertz CT molecular complexity index is 1000. The first-order chi connectivity index (χ1) is 13.2.